The first kappa shape index (κ1) is 25.2. The van der Waals surface area contributed by atoms with E-state index in [1.54, 1.807) is 6.20 Å². The summed E-state index contributed by atoms with van der Waals surface area (Å²) in [4.78, 5) is 21.2. The topological polar surface area (TPSA) is 102 Å². The second kappa shape index (κ2) is 11.3. The highest BCUT2D eigenvalue weighted by atomic mass is 16.5. The van der Waals surface area contributed by atoms with Crippen molar-refractivity contribution in [1.82, 2.24) is 19.7 Å². The molecule has 0 radical (unpaired) electrons. The summed E-state index contributed by atoms with van der Waals surface area (Å²) in [5, 5.41) is 18.4. The van der Waals surface area contributed by atoms with Gasteiger partial charge in [-0.1, -0.05) is 84.9 Å². The number of benzene rings is 3. The number of carbonyl (C=O) groups is 1. The molecule has 0 bridgehead atoms. The minimum atomic E-state index is -0.725. The Labute approximate surface area is 231 Å². The van der Waals surface area contributed by atoms with Crippen molar-refractivity contribution in [2.24, 2.45) is 0 Å². The van der Waals surface area contributed by atoms with Crippen molar-refractivity contribution in [3.05, 3.63) is 115 Å². The number of para-hydroxylation sites is 1. The molecule has 5 aromatic rings. The molecule has 6 rings (SSSR count). The molecule has 3 aromatic carbocycles. The molecule has 2 N–H and O–H groups in total. The van der Waals surface area contributed by atoms with Crippen molar-refractivity contribution in [2.75, 3.05) is 5.32 Å². The Morgan fingerprint density at radius 1 is 0.900 bits per heavy atom. The number of hydrogen-bond acceptors (Lipinski definition) is 7. The molecular weight excluding hydrogens is 502 g/mol. The molecule has 1 aliphatic rings. The van der Waals surface area contributed by atoms with Gasteiger partial charge in [0.1, 0.15) is 11.8 Å². The lowest BCUT2D eigenvalue weighted by Crippen LogP contribution is -2.31. The summed E-state index contributed by atoms with van der Waals surface area (Å²) in [7, 11) is 0. The number of nitrogens with one attached hydrogen (secondary N) is 1. The molecule has 2 aromatic heterocycles. The SMILES string of the molecule is O=C1CC(O)CC(/C=C/c2c(-c3ccccc3)nn(-c3ccnc(Nc4ccccc4)n3)c2-c2ccccc2)O1. The maximum absolute atomic E-state index is 12.0. The fraction of sp³-hybridized carbons (Fsp3) is 0.125. The summed E-state index contributed by atoms with van der Waals surface area (Å²) in [5.74, 6) is 0.624. The Balaban J connectivity index is 1.50. The zero-order valence-corrected chi connectivity index (χ0v) is 21.6. The number of cyclic esters (lactones) is 1. The lowest BCUT2D eigenvalue weighted by atomic mass is 9.99. The predicted octanol–water partition coefficient (Wildman–Crippen LogP) is 5.82. The monoisotopic (exact) mass is 529 g/mol. The first-order valence-electron chi connectivity index (χ1n) is 13.1. The van der Waals surface area contributed by atoms with Gasteiger partial charge >= 0.3 is 5.97 Å². The quantitative estimate of drug-likeness (QED) is 0.256. The van der Waals surface area contributed by atoms with Gasteiger partial charge in [-0.2, -0.15) is 10.1 Å². The van der Waals surface area contributed by atoms with Gasteiger partial charge in [0.25, 0.3) is 0 Å². The van der Waals surface area contributed by atoms with E-state index in [1.807, 2.05) is 114 Å². The average Bonchev–Trinajstić information content (AvgIpc) is 3.37. The first-order valence-corrected chi connectivity index (χ1v) is 13.1. The molecule has 3 heterocycles. The van der Waals surface area contributed by atoms with Crippen LogP contribution in [-0.2, 0) is 9.53 Å². The zero-order valence-electron chi connectivity index (χ0n) is 21.6. The van der Waals surface area contributed by atoms with E-state index >= 15 is 0 Å². The third-order valence-electron chi connectivity index (χ3n) is 6.57. The van der Waals surface area contributed by atoms with Crippen LogP contribution in [-0.4, -0.2) is 43.0 Å². The molecule has 1 fully saturated rings. The van der Waals surface area contributed by atoms with E-state index in [4.69, 9.17) is 14.8 Å². The highest BCUT2D eigenvalue weighted by Gasteiger charge is 2.26. The Kier molecular flexibility index (Phi) is 7.15. The highest BCUT2D eigenvalue weighted by Crippen LogP contribution is 2.35. The number of aromatic nitrogens is 4. The van der Waals surface area contributed by atoms with Crippen LogP contribution in [0.25, 0.3) is 34.4 Å². The minimum Gasteiger partial charge on any atom is -0.458 e. The van der Waals surface area contributed by atoms with Gasteiger partial charge < -0.3 is 15.2 Å². The van der Waals surface area contributed by atoms with Crippen LogP contribution in [0.4, 0.5) is 11.6 Å². The number of rotatable bonds is 7. The molecule has 2 atom stereocenters. The predicted molar refractivity (Wildman–Crippen MR) is 154 cm³/mol. The van der Waals surface area contributed by atoms with Gasteiger partial charge in [0.05, 0.1) is 18.2 Å². The van der Waals surface area contributed by atoms with Crippen LogP contribution in [0, 0.1) is 0 Å². The van der Waals surface area contributed by atoms with Crippen molar-refractivity contribution in [3.63, 3.8) is 0 Å². The Bertz CT molecular complexity index is 1640. The van der Waals surface area contributed by atoms with Gasteiger partial charge in [-0.25, -0.2) is 9.67 Å². The van der Waals surface area contributed by atoms with Crippen molar-refractivity contribution in [3.8, 4) is 28.3 Å². The number of aliphatic hydroxyl groups excluding tert-OH is 1. The third-order valence-corrected chi connectivity index (χ3v) is 6.57. The smallest absolute Gasteiger partial charge is 0.309 e. The molecule has 8 nitrogen and oxygen atoms in total. The Hall–Kier alpha value is -5.08. The lowest BCUT2D eigenvalue weighted by Gasteiger charge is -2.23. The number of anilines is 2. The van der Waals surface area contributed by atoms with Gasteiger partial charge in [-0.05, 0) is 18.2 Å². The number of esters is 1. The minimum absolute atomic E-state index is 0.0138. The molecule has 0 saturated carbocycles. The van der Waals surface area contributed by atoms with Crippen molar-refractivity contribution in [1.29, 1.82) is 0 Å². The van der Waals surface area contributed by atoms with E-state index in [-0.39, 0.29) is 6.42 Å². The summed E-state index contributed by atoms with van der Waals surface area (Å²) >= 11 is 0. The molecule has 1 aliphatic heterocycles. The maximum Gasteiger partial charge on any atom is 0.309 e. The van der Waals surface area contributed by atoms with Crippen LogP contribution in [0.2, 0.25) is 0 Å². The number of hydrogen-bond donors (Lipinski definition) is 2. The third kappa shape index (κ3) is 5.52. The molecule has 198 valence electrons. The second-order valence-electron chi connectivity index (χ2n) is 9.47. The number of nitrogens with zero attached hydrogens (tertiary/aromatic N) is 4. The largest absolute Gasteiger partial charge is 0.458 e. The summed E-state index contributed by atoms with van der Waals surface area (Å²) in [5.41, 5.74) is 5.15. The highest BCUT2D eigenvalue weighted by molar-refractivity contribution is 5.84. The molecule has 40 heavy (non-hydrogen) atoms. The standard InChI is InChI=1S/C32H27N5O3/c38-25-20-26(40-29(39)21-25)16-17-27-30(22-10-4-1-5-11-22)36-37(31(27)23-12-6-2-7-13-23)28-18-19-33-32(35-28)34-24-14-8-3-9-15-24/h1-19,25-26,38H,20-21H2,(H,33,34,35)/b17-16+. The molecule has 1 saturated heterocycles. The number of ether oxygens (including phenoxy) is 1. The van der Waals surface area contributed by atoms with Crippen LogP contribution < -0.4 is 5.32 Å². The van der Waals surface area contributed by atoms with Crippen molar-refractivity contribution < 1.29 is 14.6 Å². The fourth-order valence-corrected chi connectivity index (χ4v) is 4.75. The van der Waals surface area contributed by atoms with E-state index in [1.165, 1.54) is 0 Å². The van der Waals surface area contributed by atoms with Crippen LogP contribution in [0.1, 0.15) is 18.4 Å². The first-order chi connectivity index (χ1) is 19.6. The van der Waals surface area contributed by atoms with Gasteiger partial charge in [0.15, 0.2) is 5.82 Å². The van der Waals surface area contributed by atoms with Crippen LogP contribution in [0.5, 0.6) is 0 Å². The summed E-state index contributed by atoms with van der Waals surface area (Å²) in [6.07, 6.45) is 4.55. The van der Waals surface area contributed by atoms with E-state index < -0.39 is 18.2 Å². The van der Waals surface area contributed by atoms with Gasteiger partial charge in [-0.15, -0.1) is 0 Å². The van der Waals surface area contributed by atoms with Gasteiger partial charge in [0.2, 0.25) is 5.95 Å². The lowest BCUT2D eigenvalue weighted by molar-refractivity contribution is -0.156. The average molecular weight is 530 g/mol. The van der Waals surface area contributed by atoms with Gasteiger partial charge in [0, 0.05) is 41.1 Å². The van der Waals surface area contributed by atoms with Crippen LogP contribution in [0.3, 0.4) is 0 Å². The number of aliphatic hydroxyl groups is 1. The van der Waals surface area contributed by atoms with Crippen molar-refractivity contribution in [2.45, 2.75) is 25.0 Å². The maximum atomic E-state index is 12.0. The molecule has 2 unspecified atom stereocenters. The van der Waals surface area contributed by atoms with E-state index in [0.717, 1.165) is 33.8 Å². The second-order valence-corrected chi connectivity index (χ2v) is 9.47. The zero-order chi connectivity index (χ0) is 27.3. The Morgan fingerprint density at radius 3 is 2.27 bits per heavy atom. The summed E-state index contributed by atoms with van der Waals surface area (Å²) in [6.45, 7) is 0. The van der Waals surface area contributed by atoms with Gasteiger partial charge in [-0.3, -0.25) is 4.79 Å². The van der Waals surface area contributed by atoms with Crippen LogP contribution in [0.15, 0.2) is 109 Å². The van der Waals surface area contributed by atoms with Crippen molar-refractivity contribution >= 4 is 23.7 Å². The van der Waals surface area contributed by atoms with Crippen LogP contribution >= 0.6 is 0 Å². The molecule has 0 aliphatic carbocycles. The Morgan fingerprint density at radius 2 is 1.57 bits per heavy atom. The molecule has 0 amide bonds. The molecular formula is C32H27N5O3. The van der Waals surface area contributed by atoms with E-state index in [2.05, 4.69) is 10.3 Å². The molecule has 8 heteroatoms. The summed E-state index contributed by atoms with van der Waals surface area (Å²) in [6, 6.07) is 31.4. The summed E-state index contributed by atoms with van der Waals surface area (Å²) < 4.78 is 7.31. The fourth-order valence-electron chi connectivity index (χ4n) is 4.75. The van der Waals surface area contributed by atoms with E-state index in [0.29, 0.717) is 18.2 Å². The number of carbonyl (C=O) groups excluding carboxylic acids is 1. The normalized spacial score (nSPS) is 17.1. The molecule has 0 spiro atoms. The van der Waals surface area contributed by atoms with E-state index in [9.17, 15) is 9.90 Å².